The summed E-state index contributed by atoms with van der Waals surface area (Å²) in [7, 11) is 0. The van der Waals surface area contributed by atoms with E-state index in [0.29, 0.717) is 0 Å². The number of hydrogen-bond acceptors (Lipinski definition) is 2. The monoisotopic (exact) mass is 246 g/mol. The first-order valence-electron chi connectivity index (χ1n) is 7.00. The number of rotatable bonds is 3. The van der Waals surface area contributed by atoms with Crippen molar-refractivity contribution in [1.82, 2.24) is 10.2 Å². The van der Waals surface area contributed by atoms with Gasteiger partial charge in [0.2, 0.25) is 0 Å². The molecular formula is C16H26N2. The molecule has 1 aromatic rings. The molecule has 2 rings (SSSR count). The molecule has 0 atom stereocenters. The summed E-state index contributed by atoms with van der Waals surface area (Å²) in [4.78, 5) is 2.58. The quantitative estimate of drug-likeness (QED) is 0.881. The van der Waals surface area contributed by atoms with Gasteiger partial charge in [-0.15, -0.1) is 0 Å². The molecule has 1 aliphatic rings. The summed E-state index contributed by atoms with van der Waals surface area (Å²) < 4.78 is 0. The van der Waals surface area contributed by atoms with E-state index in [-0.39, 0.29) is 5.41 Å². The maximum absolute atomic E-state index is 3.42. The smallest absolute Gasteiger partial charge is 0.0108 e. The van der Waals surface area contributed by atoms with Gasteiger partial charge in [0.05, 0.1) is 0 Å². The zero-order valence-electron chi connectivity index (χ0n) is 12.2. The Morgan fingerprint density at radius 2 is 1.78 bits per heavy atom. The van der Waals surface area contributed by atoms with Crippen molar-refractivity contribution in [3.05, 3.63) is 34.9 Å². The highest BCUT2D eigenvalue weighted by Crippen LogP contribution is 2.26. The van der Waals surface area contributed by atoms with Crippen molar-refractivity contribution in [3.8, 4) is 0 Å². The Balaban J connectivity index is 2.10. The SMILES string of the molecule is Cc1ccc(C(C)(C)CN2CCNCC2)cc1C. The molecule has 1 aromatic carbocycles. The van der Waals surface area contributed by atoms with E-state index in [2.05, 4.69) is 56.1 Å². The predicted molar refractivity (Wildman–Crippen MR) is 78.3 cm³/mol. The second-order valence-corrected chi connectivity index (χ2v) is 6.21. The van der Waals surface area contributed by atoms with Gasteiger partial charge in [-0.25, -0.2) is 0 Å². The fourth-order valence-electron chi connectivity index (χ4n) is 2.68. The van der Waals surface area contributed by atoms with Gasteiger partial charge in [-0.1, -0.05) is 32.0 Å². The van der Waals surface area contributed by atoms with Gasteiger partial charge in [-0.2, -0.15) is 0 Å². The normalized spacial score (nSPS) is 18.0. The molecule has 1 N–H and O–H groups in total. The van der Waals surface area contributed by atoms with Gasteiger partial charge in [-0.05, 0) is 30.5 Å². The molecule has 18 heavy (non-hydrogen) atoms. The van der Waals surface area contributed by atoms with Gasteiger partial charge in [0, 0.05) is 38.1 Å². The highest BCUT2D eigenvalue weighted by atomic mass is 15.2. The number of piperazine rings is 1. The topological polar surface area (TPSA) is 15.3 Å². The number of benzene rings is 1. The van der Waals surface area contributed by atoms with Crippen LogP contribution in [-0.2, 0) is 5.41 Å². The Labute approximate surface area is 111 Å². The second kappa shape index (κ2) is 5.41. The van der Waals surface area contributed by atoms with E-state index in [1.165, 1.54) is 29.8 Å². The van der Waals surface area contributed by atoms with Crippen LogP contribution in [0.2, 0.25) is 0 Å². The van der Waals surface area contributed by atoms with E-state index in [4.69, 9.17) is 0 Å². The third kappa shape index (κ3) is 3.12. The standard InChI is InChI=1S/C16H26N2/c1-13-5-6-15(11-14(13)2)16(3,4)12-18-9-7-17-8-10-18/h5-6,11,17H,7-10,12H2,1-4H3. The van der Waals surface area contributed by atoms with E-state index in [1.807, 2.05) is 0 Å². The van der Waals surface area contributed by atoms with Crippen molar-refractivity contribution in [2.24, 2.45) is 0 Å². The number of nitrogens with zero attached hydrogens (tertiary/aromatic N) is 1. The summed E-state index contributed by atoms with van der Waals surface area (Å²) in [5.41, 5.74) is 4.48. The summed E-state index contributed by atoms with van der Waals surface area (Å²) in [5, 5.41) is 3.42. The summed E-state index contributed by atoms with van der Waals surface area (Å²) in [6.45, 7) is 14.9. The third-order valence-corrected chi connectivity index (χ3v) is 4.12. The second-order valence-electron chi connectivity index (χ2n) is 6.21. The third-order valence-electron chi connectivity index (χ3n) is 4.12. The van der Waals surface area contributed by atoms with Crippen LogP contribution in [0.4, 0.5) is 0 Å². The van der Waals surface area contributed by atoms with Crippen LogP contribution in [0.15, 0.2) is 18.2 Å². The van der Waals surface area contributed by atoms with Gasteiger partial charge < -0.3 is 5.32 Å². The molecule has 100 valence electrons. The van der Waals surface area contributed by atoms with Gasteiger partial charge in [0.25, 0.3) is 0 Å². The molecule has 0 saturated carbocycles. The Bertz CT molecular complexity index is 404. The van der Waals surface area contributed by atoms with Gasteiger partial charge >= 0.3 is 0 Å². The number of nitrogens with one attached hydrogen (secondary N) is 1. The molecule has 1 fully saturated rings. The number of aryl methyl sites for hydroxylation is 2. The average molecular weight is 246 g/mol. The van der Waals surface area contributed by atoms with Crippen LogP contribution in [0.5, 0.6) is 0 Å². The van der Waals surface area contributed by atoms with E-state index in [1.54, 1.807) is 0 Å². The van der Waals surface area contributed by atoms with E-state index in [0.717, 1.165) is 19.6 Å². The lowest BCUT2D eigenvalue weighted by atomic mass is 9.82. The first kappa shape index (κ1) is 13.6. The molecule has 2 nitrogen and oxygen atoms in total. The van der Waals surface area contributed by atoms with Crippen molar-refractivity contribution in [2.45, 2.75) is 33.1 Å². The molecule has 0 aromatic heterocycles. The Kier molecular flexibility index (Phi) is 4.08. The first-order valence-corrected chi connectivity index (χ1v) is 7.00. The Morgan fingerprint density at radius 1 is 1.11 bits per heavy atom. The average Bonchev–Trinajstić information content (AvgIpc) is 2.33. The minimum Gasteiger partial charge on any atom is -0.314 e. The van der Waals surface area contributed by atoms with E-state index < -0.39 is 0 Å². The van der Waals surface area contributed by atoms with Crippen LogP contribution in [0.1, 0.15) is 30.5 Å². The van der Waals surface area contributed by atoms with Crippen LogP contribution >= 0.6 is 0 Å². The lowest BCUT2D eigenvalue weighted by molar-refractivity contribution is 0.200. The van der Waals surface area contributed by atoms with E-state index in [9.17, 15) is 0 Å². The van der Waals surface area contributed by atoms with Gasteiger partial charge in [-0.3, -0.25) is 4.90 Å². The zero-order valence-corrected chi connectivity index (χ0v) is 12.2. The molecule has 1 heterocycles. The summed E-state index contributed by atoms with van der Waals surface area (Å²) in [6.07, 6.45) is 0. The van der Waals surface area contributed by atoms with Crippen LogP contribution in [-0.4, -0.2) is 37.6 Å². The first-order chi connectivity index (χ1) is 8.49. The summed E-state index contributed by atoms with van der Waals surface area (Å²) >= 11 is 0. The van der Waals surface area contributed by atoms with Gasteiger partial charge in [0.15, 0.2) is 0 Å². The Morgan fingerprint density at radius 3 is 2.39 bits per heavy atom. The van der Waals surface area contributed by atoms with Crippen LogP contribution in [0, 0.1) is 13.8 Å². The molecule has 0 bridgehead atoms. The van der Waals surface area contributed by atoms with Crippen LogP contribution in [0.25, 0.3) is 0 Å². The number of hydrogen-bond donors (Lipinski definition) is 1. The molecule has 0 unspecified atom stereocenters. The molecule has 2 heteroatoms. The summed E-state index contributed by atoms with van der Waals surface area (Å²) in [6, 6.07) is 6.91. The molecule has 0 amide bonds. The zero-order chi connectivity index (χ0) is 13.2. The van der Waals surface area contributed by atoms with Gasteiger partial charge in [0.1, 0.15) is 0 Å². The largest absolute Gasteiger partial charge is 0.314 e. The molecule has 1 aliphatic heterocycles. The summed E-state index contributed by atoms with van der Waals surface area (Å²) in [5.74, 6) is 0. The Hall–Kier alpha value is -0.860. The fraction of sp³-hybridized carbons (Fsp3) is 0.625. The lowest BCUT2D eigenvalue weighted by Crippen LogP contribution is -2.47. The molecule has 0 aliphatic carbocycles. The van der Waals surface area contributed by atoms with Crippen molar-refractivity contribution in [1.29, 1.82) is 0 Å². The highest BCUT2D eigenvalue weighted by molar-refractivity contribution is 5.34. The van der Waals surface area contributed by atoms with Crippen molar-refractivity contribution in [3.63, 3.8) is 0 Å². The fourth-order valence-corrected chi connectivity index (χ4v) is 2.68. The minimum atomic E-state index is 0.232. The molecule has 1 saturated heterocycles. The maximum atomic E-state index is 3.42. The molecular weight excluding hydrogens is 220 g/mol. The minimum absolute atomic E-state index is 0.232. The van der Waals surface area contributed by atoms with Crippen molar-refractivity contribution < 1.29 is 0 Å². The maximum Gasteiger partial charge on any atom is 0.0108 e. The van der Waals surface area contributed by atoms with Crippen LogP contribution < -0.4 is 5.32 Å². The van der Waals surface area contributed by atoms with E-state index >= 15 is 0 Å². The molecule has 0 radical (unpaired) electrons. The highest BCUT2D eigenvalue weighted by Gasteiger charge is 2.25. The lowest BCUT2D eigenvalue weighted by Gasteiger charge is -2.35. The van der Waals surface area contributed by atoms with Crippen molar-refractivity contribution >= 4 is 0 Å². The predicted octanol–water partition coefficient (Wildman–Crippen LogP) is 2.49. The van der Waals surface area contributed by atoms with Crippen molar-refractivity contribution in [2.75, 3.05) is 32.7 Å². The molecule has 0 spiro atoms. The van der Waals surface area contributed by atoms with Crippen LogP contribution in [0.3, 0.4) is 0 Å².